The van der Waals surface area contributed by atoms with Crippen molar-refractivity contribution >= 4 is 80.8 Å². The summed E-state index contributed by atoms with van der Waals surface area (Å²) < 4.78 is 212. The third-order valence-corrected chi connectivity index (χ3v) is 11.3. The van der Waals surface area contributed by atoms with Crippen molar-refractivity contribution in [3.8, 4) is 0 Å². The van der Waals surface area contributed by atoms with Crippen LogP contribution in [0.15, 0.2) is 11.1 Å². The van der Waals surface area contributed by atoms with Crippen LogP contribution in [0.4, 0.5) is 65.9 Å². The largest absolute Gasteiger partial charge is 0.422 e. The van der Waals surface area contributed by atoms with Crippen LogP contribution in [0.5, 0.6) is 0 Å². The zero-order chi connectivity index (χ0) is 39.9. The number of benzene rings is 3. The van der Waals surface area contributed by atoms with Crippen LogP contribution in [0.25, 0.3) is 11.1 Å². The second-order valence-corrected chi connectivity index (χ2v) is 14.0. The predicted molar refractivity (Wildman–Crippen MR) is 164 cm³/mol. The number of hydrogen-bond acceptors (Lipinski definition) is 0. The van der Waals surface area contributed by atoms with Crippen molar-refractivity contribution < 1.29 is 65.9 Å². The van der Waals surface area contributed by atoms with E-state index in [1.165, 1.54) is 6.92 Å². The molecule has 1 spiro atoms. The molecule has 3 aromatic rings. The van der Waals surface area contributed by atoms with Crippen LogP contribution < -0.4 is 0 Å². The molecule has 2 aliphatic carbocycles. The first kappa shape index (κ1) is 41.0. The molecule has 2 aliphatic rings. The molecule has 3 aromatic carbocycles. The maximum absolute atomic E-state index is 15.1. The fraction of sp³-hybridized carbons (Fsp3) is 0.290. The topological polar surface area (TPSA) is 0 Å². The molecule has 0 radical (unpaired) electrons. The molecule has 52 heavy (non-hydrogen) atoms. The summed E-state index contributed by atoms with van der Waals surface area (Å²) in [4.78, 5) is 0. The summed E-state index contributed by atoms with van der Waals surface area (Å²) in [6.07, 6.45) is -17.0. The average molecular weight is 881 g/mol. The minimum absolute atomic E-state index is 0.314. The van der Waals surface area contributed by atoms with Crippen molar-refractivity contribution in [1.29, 1.82) is 0 Å². The summed E-state index contributed by atoms with van der Waals surface area (Å²) in [6, 6.07) is 0. The van der Waals surface area contributed by atoms with Crippen LogP contribution in [-0.2, 0) is 18.5 Å². The maximum atomic E-state index is 15.1. The highest BCUT2D eigenvalue weighted by molar-refractivity contribution is 6.39. The average Bonchev–Trinajstić information content (AvgIpc) is 3.84. The van der Waals surface area contributed by atoms with E-state index in [9.17, 15) is 39.5 Å². The Labute approximate surface area is 311 Å². The fourth-order valence-corrected chi connectivity index (χ4v) is 9.03. The Bertz CT molecular complexity index is 1990. The van der Waals surface area contributed by atoms with Crippen molar-refractivity contribution in [2.75, 3.05) is 0 Å². The Balaban J connectivity index is 1.92. The number of halogens is 21. The van der Waals surface area contributed by atoms with E-state index in [0.717, 1.165) is 13.8 Å². The van der Waals surface area contributed by atoms with Gasteiger partial charge in [0.1, 0.15) is 16.7 Å². The van der Waals surface area contributed by atoms with E-state index in [0.29, 0.717) is 0 Å². The molecule has 3 atom stereocenters. The van der Waals surface area contributed by atoms with Gasteiger partial charge in [-0.25, -0.2) is 26.3 Å². The van der Waals surface area contributed by atoms with E-state index >= 15 is 26.3 Å². The lowest BCUT2D eigenvalue weighted by atomic mass is 10.00. The van der Waals surface area contributed by atoms with Gasteiger partial charge in [-0.2, -0.15) is 39.5 Å². The highest BCUT2D eigenvalue weighted by Gasteiger charge is 2.79. The minimum atomic E-state index is -5.67. The summed E-state index contributed by atoms with van der Waals surface area (Å²) in [6.45, 7) is 3.19. The summed E-state index contributed by atoms with van der Waals surface area (Å²) >= 11 is 35.7. The van der Waals surface area contributed by atoms with Crippen molar-refractivity contribution in [3.63, 3.8) is 0 Å². The highest BCUT2D eigenvalue weighted by atomic mass is 35.5. The first-order chi connectivity index (χ1) is 23.5. The summed E-state index contributed by atoms with van der Waals surface area (Å²) in [5, 5.41) is -8.40. The zero-order valence-corrected chi connectivity index (χ0v) is 29.6. The van der Waals surface area contributed by atoms with Crippen LogP contribution in [-0.4, -0.2) is 0 Å². The van der Waals surface area contributed by atoms with Gasteiger partial charge in [-0.3, -0.25) is 0 Å². The monoisotopic (exact) mass is 878 g/mol. The first-order valence-electron chi connectivity index (χ1n) is 13.7. The first-order valence-corrected chi connectivity index (χ1v) is 16.0. The lowest BCUT2D eigenvalue weighted by molar-refractivity contribution is -0.143. The molecule has 0 aliphatic heterocycles. The van der Waals surface area contributed by atoms with Crippen molar-refractivity contribution in [2.24, 2.45) is 11.3 Å². The second-order valence-electron chi connectivity index (χ2n) is 11.7. The smallest absolute Gasteiger partial charge is 0.205 e. The van der Waals surface area contributed by atoms with Gasteiger partial charge in [-0.05, 0) is 47.6 Å². The summed E-state index contributed by atoms with van der Waals surface area (Å²) in [5.74, 6) is -16.7. The molecule has 0 heterocycles. The molecule has 5 rings (SSSR count). The Kier molecular flexibility index (Phi) is 10.0. The van der Waals surface area contributed by atoms with E-state index in [1.807, 2.05) is 0 Å². The van der Waals surface area contributed by atoms with E-state index in [-0.39, 0.29) is 11.1 Å². The number of alkyl halides is 9. The lowest BCUT2D eigenvalue weighted by Crippen LogP contribution is -2.14. The Morgan fingerprint density at radius 1 is 0.462 bits per heavy atom. The Morgan fingerprint density at radius 2 is 0.692 bits per heavy atom. The quantitative estimate of drug-likeness (QED) is 0.182. The molecular formula is C31H11Cl6F15. The van der Waals surface area contributed by atoms with Crippen molar-refractivity contribution in [2.45, 2.75) is 45.2 Å². The molecule has 2 saturated carbocycles. The van der Waals surface area contributed by atoms with Gasteiger partial charge < -0.3 is 0 Å². The van der Waals surface area contributed by atoms with Gasteiger partial charge in [0.15, 0.2) is 34.9 Å². The number of rotatable bonds is 3. The second kappa shape index (κ2) is 12.7. The van der Waals surface area contributed by atoms with Gasteiger partial charge in [0.25, 0.3) is 0 Å². The standard InChI is InChI=1S/C31H11Cl6F15/c1-4(7-16(32)22(38)13(29(44,45)46)23(39)17(7)33)10-11(5(2)8-18(34)24(40)14(30(47,48)49)25(41)19(8)35)28(10)6(3)12(28)9-20(36)26(42)15(31(50,51)52)27(43)21(9)37/h6,12H,1-3H3/b10-4-,11-5+. The van der Waals surface area contributed by atoms with Gasteiger partial charge >= 0.3 is 18.5 Å². The van der Waals surface area contributed by atoms with Crippen LogP contribution in [0.3, 0.4) is 0 Å². The Hall–Kier alpha value is -2.17. The van der Waals surface area contributed by atoms with Crippen molar-refractivity contribution in [1.82, 2.24) is 0 Å². The molecule has 0 saturated heterocycles. The highest BCUT2D eigenvalue weighted by Crippen LogP contribution is 2.88. The lowest BCUT2D eigenvalue weighted by Gasteiger charge is -2.16. The molecule has 21 heteroatoms. The van der Waals surface area contributed by atoms with E-state index in [1.54, 1.807) is 0 Å². The van der Waals surface area contributed by atoms with Crippen molar-refractivity contribution in [3.05, 3.63) is 110 Å². The molecule has 0 amide bonds. The Morgan fingerprint density at radius 3 is 0.923 bits per heavy atom. The van der Waals surface area contributed by atoms with Crippen LogP contribution in [0.2, 0.25) is 30.1 Å². The number of hydrogen-bond donors (Lipinski definition) is 0. The van der Waals surface area contributed by atoms with Crippen LogP contribution >= 0.6 is 69.6 Å². The molecule has 0 N–H and O–H groups in total. The normalized spacial score (nSPS) is 22.4. The molecular weight excluding hydrogens is 870 g/mol. The minimum Gasteiger partial charge on any atom is -0.205 e. The van der Waals surface area contributed by atoms with E-state index in [2.05, 4.69) is 0 Å². The zero-order valence-electron chi connectivity index (χ0n) is 25.1. The maximum Gasteiger partial charge on any atom is 0.422 e. The summed E-state index contributed by atoms with van der Waals surface area (Å²) in [7, 11) is 0. The third kappa shape index (κ3) is 5.69. The SMILES string of the molecule is C/C(=C1/C(=C(\C)c2c(Cl)c(F)c(C(F)(F)F)c(F)c2Cl)C12C(C)C2c1c(Cl)c(F)c(C(F)(F)F)c(F)c1Cl)c1c(Cl)c(F)c(C(F)(F)F)c(F)c1Cl. The molecule has 0 aromatic heterocycles. The van der Waals surface area contributed by atoms with E-state index in [4.69, 9.17) is 69.6 Å². The summed E-state index contributed by atoms with van der Waals surface area (Å²) in [5.41, 5.74) is -13.7. The fourth-order valence-electron chi connectivity index (χ4n) is 6.95. The van der Waals surface area contributed by atoms with Gasteiger partial charge in [0, 0.05) is 22.5 Å². The molecule has 2 fully saturated rings. The third-order valence-electron chi connectivity index (χ3n) is 9.10. The molecule has 0 nitrogen and oxygen atoms in total. The van der Waals surface area contributed by atoms with Crippen LogP contribution in [0, 0.1) is 46.2 Å². The van der Waals surface area contributed by atoms with Crippen LogP contribution in [0.1, 0.15) is 60.1 Å². The number of allylic oxidation sites excluding steroid dienone is 4. The molecule has 0 bridgehead atoms. The van der Waals surface area contributed by atoms with Gasteiger partial charge in [-0.15, -0.1) is 0 Å². The van der Waals surface area contributed by atoms with E-state index < -0.39 is 145 Å². The molecule has 282 valence electrons. The van der Waals surface area contributed by atoms with Gasteiger partial charge in [0.2, 0.25) is 0 Å². The van der Waals surface area contributed by atoms with Gasteiger partial charge in [0.05, 0.1) is 30.1 Å². The molecule has 3 unspecified atom stereocenters. The van der Waals surface area contributed by atoms with Gasteiger partial charge in [-0.1, -0.05) is 76.5 Å². The predicted octanol–water partition coefficient (Wildman–Crippen LogP) is 15.2.